The van der Waals surface area contributed by atoms with E-state index in [1.165, 1.54) is 27.6 Å². The number of anilines is 1. The van der Waals surface area contributed by atoms with Crippen LogP contribution in [0.4, 0.5) is 10.7 Å². The van der Waals surface area contributed by atoms with E-state index in [4.69, 9.17) is 0 Å². The molecule has 32 heavy (non-hydrogen) atoms. The highest BCUT2D eigenvalue weighted by Crippen LogP contribution is 2.34. The molecule has 0 aliphatic carbocycles. The largest absolute Gasteiger partial charge is 0.330 e. The Balaban J connectivity index is 1.26. The first kappa shape index (κ1) is 21.2. The van der Waals surface area contributed by atoms with Gasteiger partial charge in [0.1, 0.15) is 4.90 Å². The predicted molar refractivity (Wildman–Crippen MR) is 123 cm³/mol. The number of benzene rings is 1. The highest BCUT2D eigenvalue weighted by Gasteiger charge is 2.46. The molecule has 1 aromatic carbocycles. The Morgan fingerprint density at radius 2 is 1.88 bits per heavy atom. The normalized spacial score (nSPS) is 20.1. The quantitative estimate of drug-likeness (QED) is 0.622. The Morgan fingerprint density at radius 3 is 2.56 bits per heavy atom. The Morgan fingerprint density at radius 1 is 1.16 bits per heavy atom. The number of fused-ring (bicyclic) bond motifs is 1. The molecule has 5 rings (SSSR count). The molecule has 0 bridgehead atoms. The van der Waals surface area contributed by atoms with Crippen molar-refractivity contribution < 1.29 is 13.2 Å². The first-order chi connectivity index (χ1) is 15.2. The highest BCUT2D eigenvalue weighted by molar-refractivity contribution is 7.90. The first-order valence-corrected chi connectivity index (χ1v) is 13.2. The topological polar surface area (TPSA) is 108 Å². The minimum atomic E-state index is -3.38. The van der Waals surface area contributed by atoms with E-state index in [1.807, 2.05) is 5.51 Å². The summed E-state index contributed by atoms with van der Waals surface area (Å²) in [5.74, 6) is 0.221. The van der Waals surface area contributed by atoms with E-state index in [9.17, 15) is 13.2 Å². The molecular weight excluding hydrogens is 448 g/mol. The number of piperidine rings is 1. The predicted octanol–water partition coefficient (Wildman–Crippen LogP) is 2.62. The molecule has 1 unspecified atom stereocenters. The summed E-state index contributed by atoms with van der Waals surface area (Å²) in [7, 11) is -3.38. The summed E-state index contributed by atoms with van der Waals surface area (Å²) in [6.07, 6.45) is 5.24. The zero-order valence-electron chi connectivity index (χ0n) is 17.9. The Bertz CT molecular complexity index is 1270. The van der Waals surface area contributed by atoms with Crippen LogP contribution in [0, 0.1) is 0 Å². The molecule has 3 aromatic rings. The fraction of sp³-hybridized carbons (Fsp3) is 0.429. The fourth-order valence-corrected chi connectivity index (χ4v) is 5.63. The number of hydrogen-bond acceptors (Lipinski definition) is 8. The molecule has 1 atom stereocenters. The molecule has 4 heterocycles. The van der Waals surface area contributed by atoms with Crippen LogP contribution in [0.3, 0.4) is 0 Å². The number of rotatable bonds is 4. The fourth-order valence-electron chi connectivity index (χ4n) is 4.48. The van der Waals surface area contributed by atoms with Gasteiger partial charge in [0.05, 0.1) is 40.2 Å². The van der Waals surface area contributed by atoms with Crippen molar-refractivity contribution in [3.8, 4) is 0 Å². The molecule has 2 fully saturated rings. The Labute approximate surface area is 190 Å². The lowest BCUT2D eigenvalue weighted by atomic mass is 9.87. The lowest BCUT2D eigenvalue weighted by Crippen LogP contribution is -2.52. The van der Waals surface area contributed by atoms with Crippen molar-refractivity contribution in [2.45, 2.75) is 36.2 Å². The third-order valence-corrected chi connectivity index (χ3v) is 8.38. The maximum atomic E-state index is 12.7. The minimum absolute atomic E-state index is 0.0358. The zero-order valence-corrected chi connectivity index (χ0v) is 19.5. The van der Waals surface area contributed by atoms with Crippen LogP contribution >= 0.6 is 11.3 Å². The number of nitrogens with one attached hydrogen (secondary N) is 1. The molecule has 2 aliphatic rings. The molecule has 1 spiro atoms. The van der Waals surface area contributed by atoms with Gasteiger partial charge in [-0.15, -0.1) is 11.3 Å². The molecule has 2 aromatic heterocycles. The van der Waals surface area contributed by atoms with Gasteiger partial charge in [0.25, 0.3) is 0 Å². The van der Waals surface area contributed by atoms with Crippen molar-refractivity contribution in [2.24, 2.45) is 0 Å². The number of hydrogen-bond donors (Lipinski definition) is 1. The van der Waals surface area contributed by atoms with Crippen molar-refractivity contribution in [1.29, 1.82) is 0 Å². The summed E-state index contributed by atoms with van der Waals surface area (Å²) in [5, 5.41) is 3.14. The molecule has 2 amide bonds. The van der Waals surface area contributed by atoms with Crippen molar-refractivity contribution in [2.75, 3.05) is 30.8 Å². The number of carbonyl (C=O) groups excluding carboxylic acids is 1. The van der Waals surface area contributed by atoms with Gasteiger partial charge in [-0.2, -0.15) is 0 Å². The van der Waals surface area contributed by atoms with Crippen LogP contribution in [0.25, 0.3) is 10.2 Å². The maximum Gasteiger partial charge on any atom is 0.324 e. The number of aromatic nitrogens is 3. The molecule has 11 heteroatoms. The molecule has 2 aliphatic heterocycles. The summed E-state index contributed by atoms with van der Waals surface area (Å²) in [6.45, 7) is 4.40. The van der Waals surface area contributed by atoms with Crippen molar-refractivity contribution in [3.63, 3.8) is 0 Å². The second kappa shape index (κ2) is 7.75. The smallest absolute Gasteiger partial charge is 0.324 e. The number of urea groups is 1. The number of amides is 2. The summed E-state index contributed by atoms with van der Waals surface area (Å²) in [5.41, 5.74) is 3.83. The number of thiazole rings is 1. The Hall–Kier alpha value is -2.63. The zero-order chi connectivity index (χ0) is 22.5. The molecule has 2 saturated heterocycles. The summed E-state index contributed by atoms with van der Waals surface area (Å²) >= 11 is 1.65. The molecule has 0 radical (unpaired) electrons. The lowest BCUT2D eigenvalue weighted by molar-refractivity contribution is 0.121. The van der Waals surface area contributed by atoms with Gasteiger partial charge in [0.2, 0.25) is 5.95 Å². The number of nitrogens with zero attached hydrogens (tertiary/aromatic N) is 5. The second-order valence-corrected chi connectivity index (χ2v) is 11.5. The average molecular weight is 473 g/mol. The van der Waals surface area contributed by atoms with Crippen molar-refractivity contribution >= 4 is 43.4 Å². The van der Waals surface area contributed by atoms with Gasteiger partial charge in [-0.1, -0.05) is 6.07 Å². The summed E-state index contributed by atoms with van der Waals surface area (Å²) in [4.78, 5) is 29.3. The number of carbonyl (C=O) groups is 1. The number of likely N-dealkylation sites (tertiary alicyclic amines) is 1. The van der Waals surface area contributed by atoms with Gasteiger partial charge in [0, 0.05) is 25.4 Å². The van der Waals surface area contributed by atoms with E-state index in [0.29, 0.717) is 6.54 Å². The first-order valence-electron chi connectivity index (χ1n) is 10.4. The van der Waals surface area contributed by atoms with Crippen LogP contribution in [-0.2, 0) is 9.84 Å². The van der Waals surface area contributed by atoms with E-state index >= 15 is 0 Å². The summed E-state index contributed by atoms with van der Waals surface area (Å²) < 4.78 is 24.5. The van der Waals surface area contributed by atoms with Crippen LogP contribution < -0.4 is 10.2 Å². The van der Waals surface area contributed by atoms with Gasteiger partial charge in [-0.3, -0.25) is 9.80 Å². The van der Waals surface area contributed by atoms with Crippen molar-refractivity contribution in [1.82, 2.24) is 25.2 Å². The lowest BCUT2D eigenvalue weighted by Gasteiger charge is -2.41. The van der Waals surface area contributed by atoms with E-state index in [2.05, 4.69) is 50.3 Å². The van der Waals surface area contributed by atoms with Crippen LogP contribution in [0.15, 0.2) is 41.0 Å². The summed E-state index contributed by atoms with van der Waals surface area (Å²) in [6, 6.07) is 6.49. The molecule has 9 nitrogen and oxygen atoms in total. The molecule has 1 N–H and O–H groups in total. The number of sulfone groups is 1. The van der Waals surface area contributed by atoms with E-state index in [-0.39, 0.29) is 28.5 Å². The van der Waals surface area contributed by atoms with E-state index < -0.39 is 9.84 Å². The highest BCUT2D eigenvalue weighted by atomic mass is 32.2. The SMILES string of the molecule is CC(c1ccc2scnc2c1)N1CCC2(CC1)CN(c1ncc(S(C)(=O)=O)cn1)C(=O)N2. The Kier molecular flexibility index (Phi) is 5.14. The monoisotopic (exact) mass is 472 g/mol. The van der Waals surface area contributed by atoms with Crippen LogP contribution in [-0.4, -0.2) is 65.7 Å². The van der Waals surface area contributed by atoms with Crippen LogP contribution in [0.1, 0.15) is 31.4 Å². The second-order valence-electron chi connectivity index (χ2n) is 8.58. The van der Waals surface area contributed by atoms with Crippen LogP contribution in [0.2, 0.25) is 0 Å². The van der Waals surface area contributed by atoms with Gasteiger partial charge in [-0.05, 0) is 37.5 Å². The van der Waals surface area contributed by atoms with E-state index in [1.54, 1.807) is 11.3 Å². The minimum Gasteiger partial charge on any atom is -0.330 e. The molecule has 168 valence electrons. The molecular formula is C21H24N6O3S2. The van der Waals surface area contributed by atoms with E-state index in [0.717, 1.165) is 37.7 Å². The van der Waals surface area contributed by atoms with Crippen LogP contribution in [0.5, 0.6) is 0 Å². The molecule has 0 saturated carbocycles. The maximum absolute atomic E-state index is 12.7. The van der Waals surface area contributed by atoms with Gasteiger partial charge in [0.15, 0.2) is 9.84 Å². The van der Waals surface area contributed by atoms with Gasteiger partial charge in [-0.25, -0.2) is 28.2 Å². The standard InChI is InChI=1S/C21H24N6O3S2/c1-14(15-3-4-18-17(9-15)24-13-31-18)26-7-5-21(6-8-26)12-27(20(28)25-21)19-22-10-16(11-23-19)32(2,29)30/h3-4,9-11,13-14H,5-8,12H2,1-2H3,(H,25,28). The third kappa shape index (κ3) is 3.84. The van der Waals surface area contributed by atoms with Gasteiger partial charge < -0.3 is 5.32 Å². The third-order valence-electron chi connectivity index (χ3n) is 6.50. The van der Waals surface area contributed by atoms with Crippen molar-refractivity contribution in [3.05, 3.63) is 41.7 Å². The van der Waals surface area contributed by atoms with Gasteiger partial charge >= 0.3 is 6.03 Å². The average Bonchev–Trinajstić information content (AvgIpc) is 3.37.